The minimum atomic E-state index is -0.553. The summed E-state index contributed by atoms with van der Waals surface area (Å²) in [7, 11) is 0. The fourth-order valence-electron chi connectivity index (χ4n) is 3.53. The van der Waals surface area contributed by atoms with Crippen LogP contribution in [0.1, 0.15) is 18.9 Å². The largest absolute Gasteiger partial charge is 0.492 e. The van der Waals surface area contributed by atoms with Crippen molar-refractivity contribution < 1.29 is 9.84 Å². The summed E-state index contributed by atoms with van der Waals surface area (Å²) in [5, 5.41) is 23.7. The summed E-state index contributed by atoms with van der Waals surface area (Å²) >= 11 is 0. The van der Waals surface area contributed by atoms with Crippen molar-refractivity contribution in [1.82, 2.24) is 14.6 Å². The van der Waals surface area contributed by atoms with E-state index in [9.17, 15) is 10.4 Å². The summed E-state index contributed by atoms with van der Waals surface area (Å²) in [5.74, 6) is 1.47. The van der Waals surface area contributed by atoms with Crippen molar-refractivity contribution in [2.75, 3.05) is 24.6 Å². The first kappa shape index (κ1) is 18.2. The molecule has 0 radical (unpaired) electrons. The number of nitrogens with zero attached hydrogens (tertiary/aromatic N) is 5. The zero-order valence-electron chi connectivity index (χ0n) is 15.6. The van der Waals surface area contributed by atoms with Gasteiger partial charge in [-0.3, -0.25) is 0 Å². The van der Waals surface area contributed by atoms with E-state index in [1.54, 1.807) is 23.1 Å². The molecular formula is C20H22N6O2. The Kier molecular flexibility index (Phi) is 4.86. The van der Waals surface area contributed by atoms with Crippen LogP contribution in [0, 0.1) is 11.3 Å². The summed E-state index contributed by atoms with van der Waals surface area (Å²) in [5.41, 5.74) is 8.80. The van der Waals surface area contributed by atoms with Gasteiger partial charge in [0.05, 0.1) is 36.2 Å². The number of β-amino-alcohol motifs (C(OH)–C–C–N with tert-alkyl or cyclic N) is 1. The van der Waals surface area contributed by atoms with E-state index in [0.717, 1.165) is 35.4 Å². The van der Waals surface area contributed by atoms with Gasteiger partial charge in [0.25, 0.3) is 0 Å². The van der Waals surface area contributed by atoms with Crippen LogP contribution in [0.25, 0.3) is 16.6 Å². The van der Waals surface area contributed by atoms with Gasteiger partial charge in [-0.1, -0.05) is 0 Å². The van der Waals surface area contributed by atoms with Gasteiger partial charge in [-0.15, -0.1) is 0 Å². The van der Waals surface area contributed by atoms with Gasteiger partial charge in [-0.05, 0) is 31.5 Å². The molecule has 1 saturated heterocycles. The first-order valence-corrected chi connectivity index (χ1v) is 9.30. The number of aliphatic hydroxyl groups excluding tert-OH is 1. The Morgan fingerprint density at radius 2 is 2.25 bits per heavy atom. The summed E-state index contributed by atoms with van der Waals surface area (Å²) in [6, 6.07) is 7.79. The lowest BCUT2D eigenvalue weighted by atomic mass is 10.0. The Hall–Kier alpha value is -3.15. The Morgan fingerprint density at radius 1 is 1.39 bits per heavy atom. The minimum Gasteiger partial charge on any atom is -0.492 e. The molecule has 4 heterocycles. The predicted molar refractivity (Wildman–Crippen MR) is 105 cm³/mol. The van der Waals surface area contributed by atoms with Gasteiger partial charge in [-0.2, -0.15) is 10.4 Å². The molecule has 0 bridgehead atoms. The molecular weight excluding hydrogens is 356 g/mol. The highest BCUT2D eigenvalue weighted by atomic mass is 16.5. The summed E-state index contributed by atoms with van der Waals surface area (Å²) in [6.07, 6.45) is 5.26. The molecule has 0 aromatic carbocycles. The first-order chi connectivity index (χ1) is 13.6. The Labute approximate surface area is 162 Å². The SMILES string of the molecule is CCOc1cc(-c2ccc(N3CC[C@@H](N)[C@H](O)C3)nc2)c2c(C#N)cnn2c1. The van der Waals surface area contributed by atoms with Crippen LogP contribution >= 0.6 is 0 Å². The maximum Gasteiger partial charge on any atom is 0.138 e. The third kappa shape index (κ3) is 3.26. The molecule has 1 aliphatic rings. The molecule has 3 aromatic rings. The monoisotopic (exact) mass is 378 g/mol. The van der Waals surface area contributed by atoms with Crippen LogP contribution in [-0.4, -0.2) is 51.5 Å². The fraction of sp³-hybridized carbons (Fsp3) is 0.350. The van der Waals surface area contributed by atoms with Crippen LogP contribution < -0.4 is 15.4 Å². The van der Waals surface area contributed by atoms with Gasteiger partial charge < -0.3 is 20.5 Å². The van der Waals surface area contributed by atoms with Crippen LogP contribution in [0.2, 0.25) is 0 Å². The molecule has 3 aromatic heterocycles. The summed E-state index contributed by atoms with van der Waals surface area (Å²) < 4.78 is 7.31. The second-order valence-corrected chi connectivity index (χ2v) is 6.86. The molecule has 0 unspecified atom stereocenters. The molecule has 0 spiro atoms. The minimum absolute atomic E-state index is 0.184. The molecule has 2 atom stereocenters. The lowest BCUT2D eigenvalue weighted by Gasteiger charge is -2.34. The summed E-state index contributed by atoms with van der Waals surface area (Å²) in [6.45, 7) is 3.69. The third-order valence-electron chi connectivity index (χ3n) is 5.04. The molecule has 1 aliphatic heterocycles. The van der Waals surface area contributed by atoms with Crippen molar-refractivity contribution in [3.05, 3.63) is 42.4 Å². The zero-order chi connectivity index (χ0) is 19.7. The lowest BCUT2D eigenvalue weighted by Crippen LogP contribution is -2.50. The molecule has 8 heteroatoms. The second kappa shape index (κ2) is 7.46. The number of pyridine rings is 2. The van der Waals surface area contributed by atoms with Crippen molar-refractivity contribution in [2.45, 2.75) is 25.5 Å². The van der Waals surface area contributed by atoms with E-state index in [-0.39, 0.29) is 6.04 Å². The van der Waals surface area contributed by atoms with Crippen molar-refractivity contribution in [1.29, 1.82) is 5.26 Å². The maximum absolute atomic E-state index is 10.0. The highest BCUT2D eigenvalue weighted by Crippen LogP contribution is 2.31. The number of anilines is 1. The Bertz CT molecular complexity index is 1020. The van der Waals surface area contributed by atoms with Crippen LogP contribution in [0.5, 0.6) is 5.75 Å². The van der Waals surface area contributed by atoms with E-state index >= 15 is 0 Å². The van der Waals surface area contributed by atoms with E-state index in [0.29, 0.717) is 24.5 Å². The second-order valence-electron chi connectivity index (χ2n) is 6.86. The molecule has 144 valence electrons. The van der Waals surface area contributed by atoms with Crippen molar-refractivity contribution in [3.8, 4) is 22.9 Å². The molecule has 4 rings (SSSR count). The van der Waals surface area contributed by atoms with Gasteiger partial charge in [-0.25, -0.2) is 9.50 Å². The maximum atomic E-state index is 10.0. The highest BCUT2D eigenvalue weighted by Gasteiger charge is 2.25. The molecule has 1 fully saturated rings. The Balaban J connectivity index is 1.72. The normalized spacial score (nSPS) is 19.6. The number of rotatable bonds is 4. The van der Waals surface area contributed by atoms with Crippen molar-refractivity contribution >= 4 is 11.3 Å². The molecule has 0 saturated carbocycles. The summed E-state index contributed by atoms with van der Waals surface area (Å²) in [4.78, 5) is 6.61. The van der Waals surface area contributed by atoms with Gasteiger partial charge >= 0.3 is 0 Å². The average molecular weight is 378 g/mol. The van der Waals surface area contributed by atoms with Crippen molar-refractivity contribution in [3.63, 3.8) is 0 Å². The topological polar surface area (TPSA) is 113 Å². The van der Waals surface area contributed by atoms with Gasteiger partial charge in [0.1, 0.15) is 17.6 Å². The fourth-order valence-corrected chi connectivity index (χ4v) is 3.53. The highest BCUT2D eigenvalue weighted by molar-refractivity contribution is 5.85. The molecule has 3 N–H and O–H groups in total. The van der Waals surface area contributed by atoms with Crippen LogP contribution in [0.3, 0.4) is 0 Å². The van der Waals surface area contributed by atoms with Gasteiger partial charge in [0.15, 0.2) is 0 Å². The number of ether oxygens (including phenoxy) is 1. The van der Waals surface area contributed by atoms with Gasteiger partial charge in [0.2, 0.25) is 0 Å². The van der Waals surface area contributed by atoms with E-state index in [1.165, 1.54) is 0 Å². The number of aliphatic hydroxyl groups is 1. The number of fused-ring (bicyclic) bond motifs is 1. The quantitative estimate of drug-likeness (QED) is 0.708. The zero-order valence-corrected chi connectivity index (χ0v) is 15.6. The van der Waals surface area contributed by atoms with E-state index in [1.807, 2.05) is 30.0 Å². The number of aromatic nitrogens is 3. The first-order valence-electron chi connectivity index (χ1n) is 9.30. The number of hydrogen-bond acceptors (Lipinski definition) is 7. The standard InChI is InChI=1S/C20H22N6O2/c1-2-28-15-7-16(20-14(8-21)10-24-26(20)11-15)13-3-4-19(23-9-13)25-6-5-17(22)18(27)12-25/h3-4,7,9-11,17-18,27H,2,5-6,12,22H2,1H3/t17-,18-/m1/s1. The predicted octanol–water partition coefficient (Wildman–Crippen LogP) is 1.56. The van der Waals surface area contributed by atoms with E-state index in [4.69, 9.17) is 10.5 Å². The number of nitrogens with two attached hydrogens (primary N) is 1. The van der Waals surface area contributed by atoms with Crippen LogP contribution in [0.15, 0.2) is 36.8 Å². The van der Waals surface area contributed by atoms with Crippen LogP contribution in [0.4, 0.5) is 5.82 Å². The number of nitriles is 1. The third-order valence-corrected chi connectivity index (χ3v) is 5.04. The molecule has 0 amide bonds. The van der Waals surface area contributed by atoms with E-state index in [2.05, 4.69) is 16.2 Å². The van der Waals surface area contributed by atoms with E-state index < -0.39 is 6.10 Å². The molecule has 8 nitrogen and oxygen atoms in total. The number of piperidine rings is 1. The van der Waals surface area contributed by atoms with Crippen molar-refractivity contribution in [2.24, 2.45) is 5.73 Å². The smallest absolute Gasteiger partial charge is 0.138 e. The molecule has 28 heavy (non-hydrogen) atoms. The number of hydrogen-bond donors (Lipinski definition) is 2. The Morgan fingerprint density at radius 3 is 2.93 bits per heavy atom. The van der Waals surface area contributed by atoms with Gasteiger partial charge in [0, 0.05) is 36.5 Å². The molecule has 0 aliphatic carbocycles. The lowest BCUT2D eigenvalue weighted by molar-refractivity contribution is 0.131. The average Bonchev–Trinajstić information content (AvgIpc) is 3.13. The van der Waals surface area contributed by atoms with Crippen LogP contribution in [-0.2, 0) is 0 Å².